The zero-order valence-electron chi connectivity index (χ0n) is 20.4. The van der Waals surface area contributed by atoms with Crippen molar-refractivity contribution in [2.75, 3.05) is 18.5 Å². The highest BCUT2D eigenvalue weighted by Gasteiger charge is 2.35. The Kier molecular flexibility index (Phi) is 7.89. The minimum absolute atomic E-state index is 0.121. The van der Waals surface area contributed by atoms with Gasteiger partial charge in [0.1, 0.15) is 11.4 Å². The number of ether oxygens (including phenoxy) is 1. The zero-order valence-corrected chi connectivity index (χ0v) is 21.2. The number of nitrogens with one attached hydrogen (secondary N) is 1. The Balaban J connectivity index is 1.71. The molecule has 1 unspecified atom stereocenters. The molecule has 0 radical (unpaired) electrons. The third-order valence-corrected chi connectivity index (χ3v) is 7.06. The molecule has 1 saturated heterocycles. The van der Waals surface area contributed by atoms with Crippen molar-refractivity contribution < 1.29 is 22.7 Å². The molecule has 3 aromatic rings. The van der Waals surface area contributed by atoms with Gasteiger partial charge in [0, 0.05) is 29.2 Å². The number of thiazole rings is 1. The van der Waals surface area contributed by atoms with Crippen LogP contribution in [0.15, 0.2) is 30.6 Å². The van der Waals surface area contributed by atoms with E-state index in [0.29, 0.717) is 34.7 Å². The van der Waals surface area contributed by atoms with Crippen molar-refractivity contribution in [2.45, 2.75) is 58.8 Å². The number of amides is 1. The van der Waals surface area contributed by atoms with E-state index in [1.54, 1.807) is 19.9 Å². The molecule has 0 saturated carbocycles. The summed E-state index contributed by atoms with van der Waals surface area (Å²) in [7, 11) is 0. The summed E-state index contributed by atoms with van der Waals surface area (Å²) in [4.78, 5) is 28.6. The number of aromatic nitrogens is 3. The van der Waals surface area contributed by atoms with E-state index in [-0.39, 0.29) is 18.1 Å². The monoisotopic (exact) mass is 519 g/mol. The van der Waals surface area contributed by atoms with Crippen LogP contribution in [-0.2, 0) is 12.7 Å². The first-order valence-corrected chi connectivity index (χ1v) is 12.7. The van der Waals surface area contributed by atoms with E-state index in [4.69, 9.17) is 4.74 Å². The molecule has 11 heteroatoms. The van der Waals surface area contributed by atoms with E-state index in [1.807, 2.05) is 0 Å². The van der Waals surface area contributed by atoms with E-state index < -0.39 is 17.6 Å². The summed E-state index contributed by atoms with van der Waals surface area (Å²) in [5.74, 6) is -0.702. The lowest BCUT2D eigenvalue weighted by Gasteiger charge is -2.23. The average Bonchev–Trinajstić information content (AvgIpc) is 3.46. The number of rotatable bonds is 8. The molecule has 1 N–H and O–H groups in total. The number of benzene rings is 1. The highest BCUT2D eigenvalue weighted by atomic mass is 32.1. The summed E-state index contributed by atoms with van der Waals surface area (Å²) in [6.45, 7) is 7.11. The summed E-state index contributed by atoms with van der Waals surface area (Å²) < 4.78 is 46.7. The molecule has 4 rings (SSSR count). The number of hydrogen-bond acceptors (Lipinski definition) is 7. The van der Waals surface area contributed by atoms with Crippen LogP contribution < -0.4 is 10.1 Å². The fraction of sp³-hybridized carbons (Fsp3) is 0.440. The van der Waals surface area contributed by atoms with E-state index >= 15 is 0 Å². The third-order valence-electron chi connectivity index (χ3n) is 6.11. The summed E-state index contributed by atoms with van der Waals surface area (Å²) in [6.07, 6.45) is 1.43. The van der Waals surface area contributed by atoms with E-state index in [2.05, 4.69) is 32.1 Å². The van der Waals surface area contributed by atoms with Crippen LogP contribution in [0, 0.1) is 6.92 Å². The van der Waals surface area contributed by atoms with Gasteiger partial charge in [-0.25, -0.2) is 9.97 Å². The van der Waals surface area contributed by atoms with Crippen molar-refractivity contribution in [1.29, 1.82) is 0 Å². The number of hydrogen-bond donors (Lipinski definition) is 1. The van der Waals surface area contributed by atoms with Crippen molar-refractivity contribution >= 4 is 22.4 Å². The predicted molar refractivity (Wildman–Crippen MR) is 132 cm³/mol. The lowest BCUT2D eigenvalue weighted by atomic mass is 10.1. The molecular formula is C25H28F3N5O2S. The zero-order chi connectivity index (χ0) is 25.9. The highest BCUT2D eigenvalue weighted by Crippen LogP contribution is 2.41. The molecule has 1 amide bonds. The normalized spacial score (nSPS) is 16.3. The fourth-order valence-corrected chi connectivity index (χ4v) is 5.34. The maximum atomic E-state index is 13.8. The van der Waals surface area contributed by atoms with Gasteiger partial charge in [-0.2, -0.15) is 13.2 Å². The molecule has 1 aliphatic heterocycles. The van der Waals surface area contributed by atoms with Gasteiger partial charge in [-0.05, 0) is 57.9 Å². The number of likely N-dealkylation sites (tertiary alicyclic amines) is 1. The second-order valence-corrected chi connectivity index (χ2v) is 9.69. The molecule has 7 nitrogen and oxygen atoms in total. The number of aryl methyl sites for hydroxylation is 1. The fourth-order valence-electron chi connectivity index (χ4n) is 4.34. The van der Waals surface area contributed by atoms with Crippen LogP contribution in [0.3, 0.4) is 0 Å². The first kappa shape index (κ1) is 26.0. The molecule has 1 aliphatic rings. The Bertz CT molecular complexity index is 1210. The van der Waals surface area contributed by atoms with Gasteiger partial charge >= 0.3 is 6.18 Å². The molecule has 2 aromatic heterocycles. The number of nitrogens with zero attached hydrogens (tertiary/aromatic N) is 4. The number of carbonyl (C=O) groups excluding carboxylic acids is 1. The summed E-state index contributed by atoms with van der Waals surface area (Å²) in [5, 5.41) is 3.03. The van der Waals surface area contributed by atoms with Crippen molar-refractivity contribution in [3.05, 3.63) is 52.4 Å². The van der Waals surface area contributed by atoms with Gasteiger partial charge in [-0.1, -0.05) is 18.3 Å². The number of carbonyl (C=O) groups is 1. The van der Waals surface area contributed by atoms with Gasteiger partial charge in [0.15, 0.2) is 5.13 Å². The van der Waals surface area contributed by atoms with Crippen LogP contribution in [0.25, 0.3) is 11.3 Å². The lowest BCUT2D eigenvalue weighted by molar-refractivity contribution is -0.138. The number of halogens is 3. The van der Waals surface area contributed by atoms with Gasteiger partial charge in [-0.3, -0.25) is 20.0 Å². The SMILES string of the molecule is CCOc1ccc(-c2nc(NC(=O)c3cnc(C)cn3)sc2CN2CCCC2CC)cc1C(F)(F)F. The van der Waals surface area contributed by atoms with Crippen LogP contribution >= 0.6 is 11.3 Å². The first-order valence-electron chi connectivity index (χ1n) is 11.9. The Morgan fingerprint density at radius 1 is 1.25 bits per heavy atom. The Labute approximate surface area is 211 Å². The van der Waals surface area contributed by atoms with Crippen molar-refractivity contribution in [2.24, 2.45) is 0 Å². The van der Waals surface area contributed by atoms with Crippen LogP contribution in [0.2, 0.25) is 0 Å². The van der Waals surface area contributed by atoms with E-state index in [0.717, 1.165) is 36.8 Å². The van der Waals surface area contributed by atoms with Gasteiger partial charge < -0.3 is 4.74 Å². The molecular weight excluding hydrogens is 491 g/mol. The maximum Gasteiger partial charge on any atom is 0.419 e. The summed E-state index contributed by atoms with van der Waals surface area (Å²) in [5.41, 5.74) is 0.691. The minimum atomic E-state index is -4.58. The van der Waals surface area contributed by atoms with Crippen molar-refractivity contribution in [3.63, 3.8) is 0 Å². The van der Waals surface area contributed by atoms with Gasteiger partial charge in [-0.15, -0.1) is 0 Å². The van der Waals surface area contributed by atoms with Gasteiger partial charge in [0.05, 0.1) is 29.8 Å². The lowest BCUT2D eigenvalue weighted by Crippen LogP contribution is -2.28. The van der Waals surface area contributed by atoms with Crippen molar-refractivity contribution in [1.82, 2.24) is 19.9 Å². The molecule has 1 aromatic carbocycles. The van der Waals surface area contributed by atoms with E-state index in [1.165, 1.54) is 29.8 Å². The molecule has 192 valence electrons. The number of anilines is 1. The molecule has 0 spiro atoms. The standard InChI is InChI=1S/C25H28F3N5O2S/c1-4-17-7-6-10-33(17)14-21-22(16-8-9-20(35-5-2)18(11-16)25(26,27)28)31-24(36-21)32-23(34)19-13-29-15(3)12-30-19/h8-9,11-13,17H,4-7,10,14H2,1-3H3,(H,31,32,34). The first-order chi connectivity index (χ1) is 17.2. The summed E-state index contributed by atoms with van der Waals surface area (Å²) in [6, 6.07) is 4.39. The van der Waals surface area contributed by atoms with Crippen molar-refractivity contribution in [3.8, 4) is 17.0 Å². The van der Waals surface area contributed by atoms with Gasteiger partial charge in [0.25, 0.3) is 5.91 Å². The Hall–Kier alpha value is -3.05. The Morgan fingerprint density at radius 3 is 2.72 bits per heavy atom. The minimum Gasteiger partial charge on any atom is -0.493 e. The largest absolute Gasteiger partial charge is 0.493 e. The van der Waals surface area contributed by atoms with Crippen LogP contribution in [0.4, 0.5) is 18.3 Å². The smallest absolute Gasteiger partial charge is 0.419 e. The molecule has 1 fully saturated rings. The number of alkyl halides is 3. The van der Waals surface area contributed by atoms with Crippen LogP contribution in [0.5, 0.6) is 5.75 Å². The maximum absolute atomic E-state index is 13.8. The Morgan fingerprint density at radius 2 is 2.06 bits per heavy atom. The predicted octanol–water partition coefficient (Wildman–Crippen LogP) is 5.95. The second kappa shape index (κ2) is 10.9. The third kappa shape index (κ3) is 5.84. The topological polar surface area (TPSA) is 80.2 Å². The molecule has 0 bridgehead atoms. The van der Waals surface area contributed by atoms with Crippen LogP contribution in [0.1, 0.15) is 59.7 Å². The highest BCUT2D eigenvalue weighted by molar-refractivity contribution is 7.16. The molecule has 3 heterocycles. The van der Waals surface area contributed by atoms with E-state index in [9.17, 15) is 18.0 Å². The average molecular weight is 520 g/mol. The molecule has 36 heavy (non-hydrogen) atoms. The van der Waals surface area contributed by atoms with Crippen LogP contribution in [-0.4, -0.2) is 45.0 Å². The molecule has 1 atom stereocenters. The van der Waals surface area contributed by atoms with Gasteiger partial charge in [0.2, 0.25) is 0 Å². The second-order valence-electron chi connectivity index (χ2n) is 8.60. The molecule has 0 aliphatic carbocycles. The summed E-state index contributed by atoms with van der Waals surface area (Å²) >= 11 is 1.26. The quantitative estimate of drug-likeness (QED) is 0.396.